The molecule has 2 aromatic heterocycles. The van der Waals surface area contributed by atoms with Gasteiger partial charge in [-0.15, -0.1) is 0 Å². The summed E-state index contributed by atoms with van der Waals surface area (Å²) in [5.74, 6) is -6.02. The number of amides is 1. The van der Waals surface area contributed by atoms with Gasteiger partial charge in [-0.2, -0.15) is 0 Å². The topological polar surface area (TPSA) is 81.2 Å². The van der Waals surface area contributed by atoms with E-state index in [1.807, 2.05) is 0 Å². The third kappa shape index (κ3) is 4.48. The number of fused-ring (bicyclic) bond motifs is 2. The van der Waals surface area contributed by atoms with Crippen molar-refractivity contribution in [2.24, 2.45) is 0 Å². The first-order valence-electron chi connectivity index (χ1n) is 10.4. The molecule has 0 bridgehead atoms. The molecule has 0 saturated carbocycles. The van der Waals surface area contributed by atoms with Crippen LogP contribution in [0.25, 0.3) is 32.4 Å². The Kier molecular flexibility index (Phi) is 6.29. The largest absolute Gasteiger partial charge is 0.452 e. The molecule has 1 amide bonds. The van der Waals surface area contributed by atoms with E-state index < -0.39 is 41.5 Å². The van der Waals surface area contributed by atoms with E-state index in [4.69, 9.17) is 16.3 Å². The average molecular weight is 528 g/mol. The van der Waals surface area contributed by atoms with Gasteiger partial charge in [0.15, 0.2) is 29.2 Å². The summed E-state index contributed by atoms with van der Waals surface area (Å²) in [5, 5.41) is 3.20. The van der Waals surface area contributed by atoms with Crippen LogP contribution in [0.2, 0.25) is 5.02 Å². The molecule has 0 spiro atoms. The zero-order chi connectivity index (χ0) is 25.4. The van der Waals surface area contributed by atoms with Crippen molar-refractivity contribution in [2.75, 3.05) is 11.9 Å². The van der Waals surface area contributed by atoms with E-state index in [0.29, 0.717) is 27.2 Å². The second-order valence-corrected chi connectivity index (χ2v) is 8.97. The Balaban J connectivity index is 1.36. The van der Waals surface area contributed by atoms with E-state index in [1.165, 1.54) is 6.07 Å². The van der Waals surface area contributed by atoms with Crippen molar-refractivity contribution in [1.29, 1.82) is 0 Å². The Morgan fingerprint density at radius 2 is 1.72 bits per heavy atom. The zero-order valence-electron chi connectivity index (χ0n) is 18.0. The fourth-order valence-corrected chi connectivity index (χ4v) is 4.68. The van der Waals surface area contributed by atoms with E-state index in [2.05, 4.69) is 15.3 Å². The average Bonchev–Trinajstić information content (AvgIpc) is 3.27. The molecule has 5 rings (SSSR count). The number of hydrogen-bond donors (Lipinski definition) is 1. The predicted molar refractivity (Wildman–Crippen MR) is 131 cm³/mol. The summed E-state index contributed by atoms with van der Waals surface area (Å²) in [5.41, 5.74) is 1.36. The van der Waals surface area contributed by atoms with E-state index in [0.717, 1.165) is 17.4 Å². The minimum absolute atomic E-state index is 0.00838. The van der Waals surface area contributed by atoms with Crippen LogP contribution in [0.3, 0.4) is 0 Å². The summed E-state index contributed by atoms with van der Waals surface area (Å²) < 4.78 is 46.0. The lowest BCUT2D eigenvalue weighted by Crippen LogP contribution is -2.21. The van der Waals surface area contributed by atoms with E-state index in [-0.39, 0.29) is 15.4 Å². The zero-order valence-corrected chi connectivity index (χ0v) is 19.6. The number of aromatic nitrogens is 2. The highest BCUT2D eigenvalue weighted by atomic mass is 35.5. The maximum atomic E-state index is 13.9. The van der Waals surface area contributed by atoms with Gasteiger partial charge in [0.05, 0.1) is 21.5 Å². The lowest BCUT2D eigenvalue weighted by molar-refractivity contribution is -0.119. The monoisotopic (exact) mass is 527 g/mol. The number of esters is 1. The molecule has 0 atom stereocenters. The van der Waals surface area contributed by atoms with Gasteiger partial charge in [-0.1, -0.05) is 59.3 Å². The Hall–Kier alpha value is -4.02. The number of anilines is 1. The number of thiazole rings is 1. The van der Waals surface area contributed by atoms with Crippen LogP contribution in [0.1, 0.15) is 10.4 Å². The lowest BCUT2D eigenvalue weighted by atomic mass is 10.0. The first-order chi connectivity index (χ1) is 17.3. The van der Waals surface area contributed by atoms with Gasteiger partial charge >= 0.3 is 5.97 Å². The Morgan fingerprint density at radius 1 is 0.972 bits per heavy atom. The predicted octanol–water partition coefficient (Wildman–Crippen LogP) is 6.38. The first kappa shape index (κ1) is 23.7. The Morgan fingerprint density at radius 3 is 2.53 bits per heavy atom. The molecule has 2 heterocycles. The highest BCUT2D eigenvalue weighted by Crippen LogP contribution is 2.31. The van der Waals surface area contributed by atoms with Crippen molar-refractivity contribution in [3.63, 3.8) is 0 Å². The quantitative estimate of drug-likeness (QED) is 0.212. The summed E-state index contributed by atoms with van der Waals surface area (Å²) in [7, 11) is 0. The fraction of sp³-hybridized carbons (Fsp3) is 0.0400. The van der Waals surface area contributed by atoms with E-state index >= 15 is 0 Å². The number of carbonyl (C=O) groups is 2. The number of benzene rings is 3. The van der Waals surface area contributed by atoms with Gasteiger partial charge in [0, 0.05) is 16.0 Å². The number of hydrogen-bond acceptors (Lipinski definition) is 6. The molecule has 1 N–H and O–H groups in total. The van der Waals surface area contributed by atoms with Gasteiger partial charge in [-0.05, 0) is 24.3 Å². The number of halogens is 4. The van der Waals surface area contributed by atoms with Crippen molar-refractivity contribution in [1.82, 2.24) is 9.97 Å². The van der Waals surface area contributed by atoms with Crippen LogP contribution in [-0.4, -0.2) is 28.5 Å². The second kappa shape index (κ2) is 9.56. The third-order valence-corrected chi connectivity index (χ3v) is 6.44. The highest BCUT2D eigenvalue weighted by Gasteiger charge is 2.20. The first-order valence-corrected chi connectivity index (χ1v) is 11.6. The molecule has 180 valence electrons. The van der Waals surface area contributed by atoms with E-state index in [1.54, 1.807) is 48.5 Å². The minimum Gasteiger partial charge on any atom is -0.452 e. The Bertz CT molecular complexity index is 1680. The van der Waals surface area contributed by atoms with Gasteiger partial charge in [-0.3, -0.25) is 10.1 Å². The molecule has 0 unspecified atom stereocenters. The molecule has 0 aliphatic rings. The van der Waals surface area contributed by atoms with Crippen molar-refractivity contribution < 1.29 is 27.5 Å². The molecule has 36 heavy (non-hydrogen) atoms. The summed E-state index contributed by atoms with van der Waals surface area (Å²) in [6.07, 6.45) is 0. The molecule has 0 aliphatic carbocycles. The molecular formula is C25H13ClF3N3O3S. The smallest absolute Gasteiger partial charge is 0.339 e. The lowest BCUT2D eigenvalue weighted by Gasteiger charge is -2.11. The van der Waals surface area contributed by atoms with Crippen LogP contribution < -0.4 is 5.32 Å². The van der Waals surface area contributed by atoms with Crippen molar-refractivity contribution in [3.8, 4) is 11.3 Å². The molecule has 0 fully saturated rings. The number of nitrogens with zero attached hydrogens (tertiary/aromatic N) is 2. The fourth-order valence-electron chi connectivity index (χ4n) is 3.54. The van der Waals surface area contributed by atoms with Crippen LogP contribution >= 0.6 is 22.9 Å². The number of carbonyl (C=O) groups excluding carboxylic acids is 2. The standard InChI is InChI=1S/C25H13ClF3N3O3S/c26-15-7-3-1-6-13(15)18-9-14(12-5-2-4-8-17(12)30-18)24(34)35-11-20(33)31-25-32-23-19(36-25)10-16(27)21(28)22(23)29/h1-10H,11H2,(H,31,32,33). The van der Waals surface area contributed by atoms with Crippen LogP contribution in [-0.2, 0) is 9.53 Å². The van der Waals surface area contributed by atoms with Crippen LogP contribution in [0.5, 0.6) is 0 Å². The third-order valence-electron chi connectivity index (χ3n) is 5.19. The van der Waals surface area contributed by atoms with Gasteiger partial charge in [0.25, 0.3) is 5.91 Å². The number of nitrogens with one attached hydrogen (secondary N) is 1. The number of ether oxygens (including phenoxy) is 1. The maximum absolute atomic E-state index is 13.9. The maximum Gasteiger partial charge on any atom is 0.339 e. The number of rotatable bonds is 5. The van der Waals surface area contributed by atoms with Crippen molar-refractivity contribution in [3.05, 3.63) is 88.7 Å². The summed E-state index contributed by atoms with van der Waals surface area (Å²) >= 11 is 7.04. The molecule has 11 heteroatoms. The van der Waals surface area contributed by atoms with Gasteiger partial charge < -0.3 is 4.74 Å². The summed E-state index contributed by atoms with van der Waals surface area (Å²) in [6.45, 7) is -0.683. The molecule has 0 saturated heterocycles. The summed E-state index contributed by atoms with van der Waals surface area (Å²) in [6, 6.07) is 16.3. The molecule has 5 aromatic rings. The van der Waals surface area contributed by atoms with Crippen LogP contribution in [0.15, 0.2) is 60.7 Å². The molecule has 0 radical (unpaired) electrons. The van der Waals surface area contributed by atoms with E-state index in [9.17, 15) is 22.8 Å². The minimum atomic E-state index is -1.65. The van der Waals surface area contributed by atoms with Crippen LogP contribution in [0.4, 0.5) is 18.3 Å². The highest BCUT2D eigenvalue weighted by molar-refractivity contribution is 7.22. The van der Waals surface area contributed by atoms with Gasteiger partial charge in [-0.25, -0.2) is 27.9 Å². The second-order valence-electron chi connectivity index (χ2n) is 7.53. The van der Waals surface area contributed by atoms with Crippen LogP contribution in [0, 0.1) is 17.5 Å². The summed E-state index contributed by atoms with van der Waals surface area (Å²) in [4.78, 5) is 33.6. The normalized spacial score (nSPS) is 11.1. The molecular weight excluding hydrogens is 515 g/mol. The molecule has 0 aliphatic heterocycles. The Labute approximate surface area is 210 Å². The van der Waals surface area contributed by atoms with Gasteiger partial charge in [0.2, 0.25) is 0 Å². The van der Waals surface area contributed by atoms with Crippen molar-refractivity contribution >= 4 is 61.1 Å². The number of para-hydroxylation sites is 1. The molecule has 6 nitrogen and oxygen atoms in total. The van der Waals surface area contributed by atoms with Crippen molar-refractivity contribution in [2.45, 2.75) is 0 Å². The van der Waals surface area contributed by atoms with Gasteiger partial charge in [0.1, 0.15) is 5.52 Å². The number of pyridine rings is 1. The molecule has 3 aromatic carbocycles. The SMILES string of the molecule is O=C(COC(=O)c1cc(-c2ccccc2Cl)nc2ccccc12)Nc1nc2c(F)c(F)c(F)cc2s1.